The average molecular weight is 246 g/mol. The third-order valence-corrected chi connectivity index (χ3v) is 2.02. The number of nitrogens with one attached hydrogen (secondary N) is 1. The summed E-state index contributed by atoms with van der Waals surface area (Å²) in [7, 11) is 0. The predicted octanol–water partition coefficient (Wildman–Crippen LogP) is 2.31. The van der Waals surface area contributed by atoms with Crippen molar-refractivity contribution < 1.29 is 18.4 Å². The molecule has 0 bridgehead atoms. The molecule has 0 aromatic heterocycles. The molecule has 0 atom stereocenters. The lowest BCUT2D eigenvalue weighted by Gasteiger charge is -2.07. The number of ether oxygens (including phenoxy) is 1. The second kappa shape index (κ2) is 6.09. The van der Waals surface area contributed by atoms with Crippen molar-refractivity contribution in [2.24, 2.45) is 0 Å². The number of nitrogens with zero attached hydrogens (tertiary/aromatic N) is 1. The third-order valence-electron chi connectivity index (χ3n) is 2.02. The van der Waals surface area contributed by atoms with Gasteiger partial charge in [-0.1, -0.05) is 13.0 Å². The minimum absolute atomic E-state index is 0.416. The molecule has 0 fully saturated rings. The monoisotopic (exact) mass is 246 g/mol. The van der Waals surface area contributed by atoms with Crippen LogP contribution in [-0.4, -0.2) is 18.1 Å². The molecule has 0 heterocycles. The van der Waals surface area contributed by atoms with E-state index in [1.165, 1.54) is 12.1 Å². The first-order chi connectivity index (χ1) is 8.04. The summed E-state index contributed by atoms with van der Waals surface area (Å²) in [5.74, 6) is -0.416. The van der Waals surface area contributed by atoms with E-state index in [4.69, 9.17) is 0 Å². The van der Waals surface area contributed by atoms with E-state index in [-0.39, 0.29) is 0 Å². The first kappa shape index (κ1) is 13.3. The minimum Gasteiger partial charge on any atom is -0.427 e. The Kier molecular flexibility index (Phi) is 4.77. The van der Waals surface area contributed by atoms with Crippen molar-refractivity contribution >= 4 is 5.69 Å². The van der Waals surface area contributed by atoms with Crippen LogP contribution in [0.5, 0.6) is 5.75 Å². The number of alkyl halides is 2. The van der Waals surface area contributed by atoms with E-state index in [1.54, 1.807) is 0 Å². The van der Waals surface area contributed by atoms with Crippen LogP contribution in [0.25, 0.3) is 0 Å². The predicted molar refractivity (Wildman–Crippen MR) is 57.1 cm³/mol. The number of halogens is 2. The molecule has 0 radical (unpaired) electrons. The average Bonchev–Trinajstić information content (AvgIpc) is 2.25. The van der Waals surface area contributed by atoms with Crippen molar-refractivity contribution in [3.63, 3.8) is 0 Å². The van der Waals surface area contributed by atoms with Gasteiger partial charge in [0.15, 0.2) is 0 Å². The van der Waals surface area contributed by atoms with E-state index >= 15 is 0 Å². The van der Waals surface area contributed by atoms with Gasteiger partial charge in [-0.2, -0.15) is 8.78 Å². The van der Waals surface area contributed by atoms with Gasteiger partial charge in [0, 0.05) is 12.6 Å². The number of benzene rings is 1. The van der Waals surface area contributed by atoms with Crippen molar-refractivity contribution in [2.45, 2.75) is 20.1 Å². The molecule has 0 aliphatic rings. The SMILES string of the molecule is CCNCc1ccc([N+](=O)[O-])c(OC(F)F)c1. The first-order valence-electron chi connectivity index (χ1n) is 4.97. The quantitative estimate of drug-likeness (QED) is 0.618. The van der Waals surface area contributed by atoms with Crippen LogP contribution in [0, 0.1) is 10.1 Å². The lowest BCUT2D eigenvalue weighted by Crippen LogP contribution is -2.12. The molecular formula is C10H12F2N2O3. The summed E-state index contributed by atoms with van der Waals surface area (Å²) in [4.78, 5) is 9.84. The minimum atomic E-state index is -3.08. The fraction of sp³-hybridized carbons (Fsp3) is 0.400. The van der Waals surface area contributed by atoms with Crippen molar-refractivity contribution in [2.75, 3.05) is 6.54 Å². The Hall–Kier alpha value is -1.76. The van der Waals surface area contributed by atoms with Gasteiger partial charge in [-0.15, -0.1) is 0 Å². The summed E-state index contributed by atoms with van der Waals surface area (Å²) in [5, 5.41) is 13.6. The molecule has 0 saturated heterocycles. The molecule has 0 saturated carbocycles. The smallest absolute Gasteiger partial charge is 0.387 e. The normalized spacial score (nSPS) is 10.6. The second-order valence-corrected chi connectivity index (χ2v) is 3.22. The molecule has 0 aliphatic carbocycles. The van der Waals surface area contributed by atoms with Crippen molar-refractivity contribution in [3.05, 3.63) is 33.9 Å². The van der Waals surface area contributed by atoms with Crippen LogP contribution < -0.4 is 10.1 Å². The van der Waals surface area contributed by atoms with Crippen LogP contribution in [0.1, 0.15) is 12.5 Å². The van der Waals surface area contributed by atoms with Gasteiger partial charge in [-0.3, -0.25) is 10.1 Å². The second-order valence-electron chi connectivity index (χ2n) is 3.22. The third kappa shape index (κ3) is 3.95. The van der Waals surface area contributed by atoms with Crippen LogP contribution >= 0.6 is 0 Å². The lowest BCUT2D eigenvalue weighted by atomic mass is 10.2. The number of rotatable bonds is 6. The maximum absolute atomic E-state index is 12.1. The Morgan fingerprint density at radius 3 is 2.76 bits per heavy atom. The van der Waals surface area contributed by atoms with Gasteiger partial charge >= 0.3 is 12.3 Å². The summed E-state index contributed by atoms with van der Waals surface area (Å²) < 4.78 is 28.3. The zero-order chi connectivity index (χ0) is 12.8. The highest BCUT2D eigenvalue weighted by Crippen LogP contribution is 2.29. The zero-order valence-corrected chi connectivity index (χ0v) is 9.15. The summed E-state index contributed by atoms with van der Waals surface area (Å²) in [6.45, 7) is -0.0407. The molecule has 17 heavy (non-hydrogen) atoms. The van der Waals surface area contributed by atoms with Gasteiger partial charge in [0.2, 0.25) is 5.75 Å². The van der Waals surface area contributed by atoms with Crippen LogP contribution in [0.15, 0.2) is 18.2 Å². The number of nitro benzene ring substituents is 1. The van der Waals surface area contributed by atoms with E-state index in [0.717, 1.165) is 6.07 Å². The van der Waals surface area contributed by atoms with Crippen molar-refractivity contribution in [1.29, 1.82) is 0 Å². The summed E-state index contributed by atoms with van der Waals surface area (Å²) in [6, 6.07) is 3.90. The molecule has 1 N–H and O–H groups in total. The van der Waals surface area contributed by atoms with Gasteiger partial charge in [0.05, 0.1) is 4.92 Å². The van der Waals surface area contributed by atoms with Gasteiger partial charge in [0.1, 0.15) is 0 Å². The van der Waals surface area contributed by atoms with Crippen LogP contribution in [0.3, 0.4) is 0 Å². The summed E-state index contributed by atoms with van der Waals surface area (Å²) in [6.07, 6.45) is 0. The van der Waals surface area contributed by atoms with E-state index < -0.39 is 23.0 Å². The number of nitro groups is 1. The summed E-state index contributed by atoms with van der Waals surface area (Å²) >= 11 is 0. The highest BCUT2D eigenvalue weighted by atomic mass is 19.3. The van der Waals surface area contributed by atoms with Crippen LogP contribution in [-0.2, 0) is 6.54 Å². The van der Waals surface area contributed by atoms with Gasteiger partial charge in [-0.25, -0.2) is 0 Å². The number of hydrogen-bond acceptors (Lipinski definition) is 4. The fourth-order valence-corrected chi connectivity index (χ4v) is 1.28. The molecule has 0 spiro atoms. The standard InChI is InChI=1S/C10H12F2N2O3/c1-2-13-6-7-3-4-8(14(15)16)9(5-7)17-10(11)12/h3-5,10,13H,2,6H2,1H3. The fourth-order valence-electron chi connectivity index (χ4n) is 1.28. The van der Waals surface area contributed by atoms with Crippen LogP contribution in [0.4, 0.5) is 14.5 Å². The van der Waals surface area contributed by atoms with E-state index in [2.05, 4.69) is 10.1 Å². The van der Waals surface area contributed by atoms with E-state index in [0.29, 0.717) is 18.7 Å². The molecule has 1 aromatic carbocycles. The zero-order valence-electron chi connectivity index (χ0n) is 9.15. The Bertz CT molecular complexity index is 399. The molecule has 1 aromatic rings. The molecule has 5 nitrogen and oxygen atoms in total. The molecule has 0 unspecified atom stereocenters. The molecule has 1 rings (SSSR count). The maximum Gasteiger partial charge on any atom is 0.387 e. The molecule has 94 valence electrons. The molecule has 0 amide bonds. The Morgan fingerprint density at radius 1 is 1.53 bits per heavy atom. The van der Waals surface area contributed by atoms with Crippen LogP contribution in [0.2, 0.25) is 0 Å². The summed E-state index contributed by atoms with van der Waals surface area (Å²) in [5.41, 5.74) is 0.179. The van der Waals surface area contributed by atoms with E-state index in [1.807, 2.05) is 6.92 Å². The van der Waals surface area contributed by atoms with Gasteiger partial charge < -0.3 is 10.1 Å². The van der Waals surface area contributed by atoms with Gasteiger partial charge in [0.25, 0.3) is 0 Å². The van der Waals surface area contributed by atoms with E-state index in [9.17, 15) is 18.9 Å². The highest BCUT2D eigenvalue weighted by molar-refractivity contribution is 5.48. The lowest BCUT2D eigenvalue weighted by molar-refractivity contribution is -0.386. The van der Waals surface area contributed by atoms with Gasteiger partial charge in [-0.05, 0) is 18.2 Å². The Labute approximate surface area is 96.5 Å². The molecule has 0 aliphatic heterocycles. The highest BCUT2D eigenvalue weighted by Gasteiger charge is 2.18. The number of hydrogen-bond donors (Lipinski definition) is 1. The molecule has 7 heteroatoms. The Morgan fingerprint density at radius 2 is 2.24 bits per heavy atom. The Balaban J connectivity index is 2.97. The van der Waals surface area contributed by atoms with Crippen molar-refractivity contribution in [1.82, 2.24) is 5.32 Å². The van der Waals surface area contributed by atoms with Crippen molar-refractivity contribution in [3.8, 4) is 5.75 Å². The molecular weight excluding hydrogens is 234 g/mol. The largest absolute Gasteiger partial charge is 0.427 e. The maximum atomic E-state index is 12.1. The topological polar surface area (TPSA) is 64.4 Å². The first-order valence-corrected chi connectivity index (χ1v) is 4.97.